The predicted molar refractivity (Wildman–Crippen MR) is 130 cm³/mol. The van der Waals surface area contributed by atoms with Gasteiger partial charge in [0, 0.05) is 19.0 Å². The highest BCUT2D eigenvalue weighted by Crippen LogP contribution is 2.55. The number of carbonyl (C=O) groups is 5. The van der Waals surface area contributed by atoms with E-state index in [0.29, 0.717) is 32.2 Å². The number of carbonyl (C=O) groups excluding carboxylic acids is 5. The van der Waals surface area contributed by atoms with Gasteiger partial charge in [0.1, 0.15) is 18.2 Å². The summed E-state index contributed by atoms with van der Waals surface area (Å²) < 4.78 is 38.9. The summed E-state index contributed by atoms with van der Waals surface area (Å²) in [5, 5.41) is 9.89. The normalized spacial score (nSPS) is 24.3. The van der Waals surface area contributed by atoms with Gasteiger partial charge in [0.2, 0.25) is 23.6 Å². The fraction of sp³-hybridized carbons (Fsp3) is 0.720. The van der Waals surface area contributed by atoms with Gasteiger partial charge in [-0.3, -0.25) is 24.0 Å². The van der Waals surface area contributed by atoms with Crippen molar-refractivity contribution >= 4 is 29.5 Å². The molecule has 0 aromatic heterocycles. The van der Waals surface area contributed by atoms with Gasteiger partial charge in [-0.15, -0.1) is 0 Å². The third-order valence-corrected chi connectivity index (χ3v) is 7.60. The number of hydrogen-bond donors (Lipinski definition) is 4. The average Bonchev–Trinajstić information content (AvgIpc) is 3.73. The molecule has 10 nitrogen and oxygen atoms in total. The van der Waals surface area contributed by atoms with Gasteiger partial charge in [-0.05, 0) is 62.4 Å². The van der Waals surface area contributed by atoms with Crippen molar-refractivity contribution < 1.29 is 37.1 Å². The second-order valence-electron chi connectivity index (χ2n) is 10.9. The Kier molecular flexibility index (Phi) is 8.77. The summed E-state index contributed by atoms with van der Waals surface area (Å²) in [5.74, 6) is -5.50. The SMILES string of the molecule is C=CC(=O)N[C@H](C[C@@H]1CCNC1=O)NC(=O)[C@H]([C@@H]1CC1(C)C)N(CC)C(=O)[C@@H](NC(=O)C(F)(F)F)C1CC1. The molecule has 212 valence electrons. The lowest BCUT2D eigenvalue weighted by Crippen LogP contribution is -2.61. The Hall–Kier alpha value is -3.12. The van der Waals surface area contributed by atoms with Crippen LogP contribution in [0.1, 0.15) is 52.9 Å². The average molecular weight is 544 g/mol. The number of amides is 5. The molecule has 0 spiro atoms. The van der Waals surface area contributed by atoms with Gasteiger partial charge in [0.15, 0.2) is 0 Å². The summed E-state index contributed by atoms with van der Waals surface area (Å²) >= 11 is 0. The second kappa shape index (κ2) is 11.3. The highest BCUT2D eigenvalue weighted by atomic mass is 19.4. The van der Waals surface area contributed by atoms with Crippen LogP contribution in [0.4, 0.5) is 13.2 Å². The van der Waals surface area contributed by atoms with Crippen molar-refractivity contribution in [1.82, 2.24) is 26.2 Å². The van der Waals surface area contributed by atoms with Crippen LogP contribution in [0.3, 0.4) is 0 Å². The molecule has 3 rings (SSSR count). The van der Waals surface area contributed by atoms with E-state index in [-0.39, 0.29) is 30.2 Å². The first-order chi connectivity index (χ1) is 17.7. The van der Waals surface area contributed by atoms with Crippen molar-refractivity contribution in [2.75, 3.05) is 13.1 Å². The Bertz CT molecular complexity index is 981. The van der Waals surface area contributed by atoms with Crippen molar-refractivity contribution in [2.45, 2.75) is 77.3 Å². The molecule has 2 aliphatic carbocycles. The Morgan fingerprint density at radius 2 is 1.79 bits per heavy atom. The number of likely N-dealkylation sites (N-methyl/N-ethyl adjacent to an activating group) is 1. The zero-order valence-electron chi connectivity index (χ0n) is 21.8. The van der Waals surface area contributed by atoms with Crippen LogP contribution in [0.15, 0.2) is 12.7 Å². The first-order valence-corrected chi connectivity index (χ1v) is 12.9. The molecule has 38 heavy (non-hydrogen) atoms. The van der Waals surface area contributed by atoms with E-state index in [0.717, 1.165) is 6.08 Å². The van der Waals surface area contributed by atoms with Crippen LogP contribution in [0.5, 0.6) is 0 Å². The van der Waals surface area contributed by atoms with Crippen LogP contribution >= 0.6 is 0 Å². The smallest absolute Gasteiger partial charge is 0.356 e. The molecule has 1 heterocycles. The lowest BCUT2D eigenvalue weighted by atomic mass is 9.98. The van der Waals surface area contributed by atoms with Gasteiger partial charge >= 0.3 is 12.1 Å². The van der Waals surface area contributed by atoms with Crippen molar-refractivity contribution in [3.8, 4) is 0 Å². The monoisotopic (exact) mass is 543 g/mol. The second-order valence-corrected chi connectivity index (χ2v) is 10.9. The molecule has 2 saturated carbocycles. The van der Waals surface area contributed by atoms with E-state index < -0.39 is 59.9 Å². The molecule has 13 heteroatoms. The van der Waals surface area contributed by atoms with E-state index in [1.165, 1.54) is 4.90 Å². The topological polar surface area (TPSA) is 137 Å². The van der Waals surface area contributed by atoms with Crippen LogP contribution in [0, 0.1) is 23.2 Å². The zero-order valence-corrected chi connectivity index (χ0v) is 21.8. The molecule has 0 bridgehead atoms. The quantitative estimate of drug-likeness (QED) is 0.215. The molecule has 0 unspecified atom stereocenters. The minimum atomic E-state index is -5.15. The number of nitrogens with one attached hydrogen (secondary N) is 4. The number of hydrogen-bond acceptors (Lipinski definition) is 5. The molecular formula is C25H36F3N5O5. The molecule has 0 aromatic carbocycles. The van der Waals surface area contributed by atoms with E-state index in [9.17, 15) is 37.1 Å². The van der Waals surface area contributed by atoms with E-state index in [1.807, 2.05) is 19.2 Å². The Morgan fingerprint density at radius 3 is 2.24 bits per heavy atom. The minimum absolute atomic E-state index is 0.0172. The Morgan fingerprint density at radius 1 is 1.16 bits per heavy atom. The highest BCUT2D eigenvalue weighted by Gasteiger charge is 2.56. The number of rotatable bonds is 12. The van der Waals surface area contributed by atoms with Gasteiger partial charge in [0.25, 0.3) is 0 Å². The van der Waals surface area contributed by atoms with E-state index in [2.05, 4.69) is 22.5 Å². The maximum absolute atomic E-state index is 13.7. The lowest BCUT2D eigenvalue weighted by Gasteiger charge is -2.35. The van der Waals surface area contributed by atoms with Crippen LogP contribution in [0.2, 0.25) is 0 Å². The number of nitrogens with zero attached hydrogens (tertiary/aromatic N) is 1. The minimum Gasteiger partial charge on any atom is -0.356 e. The zero-order chi connectivity index (χ0) is 28.4. The fourth-order valence-corrected chi connectivity index (χ4v) is 5.09. The van der Waals surface area contributed by atoms with Crippen molar-refractivity contribution in [1.29, 1.82) is 0 Å². The maximum atomic E-state index is 13.7. The van der Waals surface area contributed by atoms with Crippen LogP contribution in [0.25, 0.3) is 0 Å². The van der Waals surface area contributed by atoms with Gasteiger partial charge in [-0.25, -0.2) is 0 Å². The van der Waals surface area contributed by atoms with Crippen molar-refractivity contribution in [3.63, 3.8) is 0 Å². The standard InChI is InChI=1S/C25H36F3N5O5/c1-5-17(34)30-16(11-14-9-10-29-20(14)35)31-21(36)19(15-12-24(15,3)4)33(6-2)22(37)18(13-7-8-13)32-23(38)25(26,27)28/h5,13-16,18-19H,1,6-12H2,2-4H3,(H,29,35)(H,30,34)(H,31,36)(H,32,38)/t14-,15-,16-,18-,19-/m0/s1. The van der Waals surface area contributed by atoms with Gasteiger partial charge < -0.3 is 26.2 Å². The molecule has 4 N–H and O–H groups in total. The molecule has 0 aromatic rings. The van der Waals surface area contributed by atoms with Crippen LogP contribution < -0.4 is 21.3 Å². The summed E-state index contributed by atoms with van der Waals surface area (Å²) in [6.45, 7) is 9.35. The Balaban J connectivity index is 1.84. The summed E-state index contributed by atoms with van der Waals surface area (Å²) in [5.41, 5.74) is -0.314. The third kappa shape index (κ3) is 7.04. The predicted octanol–water partition coefficient (Wildman–Crippen LogP) is 0.977. The van der Waals surface area contributed by atoms with Gasteiger partial charge in [-0.2, -0.15) is 13.2 Å². The van der Waals surface area contributed by atoms with E-state index in [4.69, 9.17) is 0 Å². The Labute approximate surface area is 219 Å². The van der Waals surface area contributed by atoms with Gasteiger partial charge in [-0.1, -0.05) is 20.4 Å². The number of halogens is 3. The first kappa shape index (κ1) is 29.4. The molecule has 5 amide bonds. The fourth-order valence-electron chi connectivity index (χ4n) is 5.09. The molecular weight excluding hydrogens is 507 g/mol. The molecule has 1 aliphatic heterocycles. The molecule has 0 radical (unpaired) electrons. The molecule has 3 aliphatic rings. The number of alkyl halides is 3. The van der Waals surface area contributed by atoms with Crippen molar-refractivity contribution in [3.05, 3.63) is 12.7 Å². The molecule has 5 atom stereocenters. The van der Waals surface area contributed by atoms with Crippen molar-refractivity contribution in [2.24, 2.45) is 23.2 Å². The van der Waals surface area contributed by atoms with Crippen LogP contribution in [-0.4, -0.2) is 72.0 Å². The maximum Gasteiger partial charge on any atom is 0.471 e. The largest absolute Gasteiger partial charge is 0.471 e. The van der Waals surface area contributed by atoms with Crippen LogP contribution in [-0.2, 0) is 24.0 Å². The summed E-state index contributed by atoms with van der Waals surface area (Å²) in [4.78, 5) is 64.3. The highest BCUT2D eigenvalue weighted by molar-refractivity contribution is 5.94. The summed E-state index contributed by atoms with van der Waals surface area (Å²) in [7, 11) is 0. The van der Waals surface area contributed by atoms with E-state index >= 15 is 0 Å². The van der Waals surface area contributed by atoms with Gasteiger partial charge in [0.05, 0.1) is 0 Å². The molecule has 1 saturated heterocycles. The summed E-state index contributed by atoms with van der Waals surface area (Å²) in [6, 6.07) is -2.45. The lowest BCUT2D eigenvalue weighted by molar-refractivity contribution is -0.175. The van der Waals surface area contributed by atoms with E-state index in [1.54, 1.807) is 6.92 Å². The first-order valence-electron chi connectivity index (χ1n) is 12.9. The third-order valence-electron chi connectivity index (χ3n) is 7.60. The summed E-state index contributed by atoms with van der Waals surface area (Å²) in [6.07, 6.45) is -2.87. The molecule has 3 fully saturated rings.